The van der Waals surface area contributed by atoms with E-state index in [9.17, 15) is 4.79 Å². The lowest BCUT2D eigenvalue weighted by Gasteiger charge is -2.25. The summed E-state index contributed by atoms with van der Waals surface area (Å²) >= 11 is 8.24. The van der Waals surface area contributed by atoms with Crippen LogP contribution in [0.2, 0.25) is 5.02 Å². The van der Waals surface area contributed by atoms with Crippen molar-refractivity contribution in [2.75, 3.05) is 19.6 Å². The fourth-order valence-corrected chi connectivity index (χ4v) is 7.25. The van der Waals surface area contributed by atoms with Crippen LogP contribution in [0.5, 0.6) is 0 Å². The van der Waals surface area contributed by atoms with Gasteiger partial charge in [-0.2, -0.15) is 0 Å². The molecule has 6 rings (SSSR count). The van der Waals surface area contributed by atoms with E-state index in [-0.39, 0.29) is 5.91 Å². The van der Waals surface area contributed by atoms with E-state index in [1.807, 2.05) is 35.2 Å². The normalized spacial score (nSPS) is 14.1. The third-order valence-corrected chi connectivity index (χ3v) is 9.37. The molecule has 5 nitrogen and oxygen atoms in total. The SMILES string of the molecule is CC(C)CN(Cc1nc2ccccc2n1Cc1ccccc1CN1CCCC1)C(=O)c1sc2ccccc2c1Cl. The number of fused-ring (bicyclic) bond motifs is 2. The summed E-state index contributed by atoms with van der Waals surface area (Å²) in [4.78, 5) is 24.1. The molecule has 7 heteroatoms. The van der Waals surface area contributed by atoms with Gasteiger partial charge in [0.1, 0.15) is 10.7 Å². The number of carbonyl (C=O) groups excluding carboxylic acids is 1. The molecule has 40 heavy (non-hydrogen) atoms. The lowest BCUT2D eigenvalue weighted by atomic mass is 10.1. The summed E-state index contributed by atoms with van der Waals surface area (Å²) < 4.78 is 3.33. The summed E-state index contributed by atoms with van der Waals surface area (Å²) in [5, 5.41) is 1.48. The zero-order chi connectivity index (χ0) is 27.6. The lowest BCUT2D eigenvalue weighted by Crippen LogP contribution is -2.34. The molecule has 2 aromatic heterocycles. The predicted molar refractivity (Wildman–Crippen MR) is 166 cm³/mol. The van der Waals surface area contributed by atoms with Crippen LogP contribution in [0, 0.1) is 5.92 Å². The van der Waals surface area contributed by atoms with Crippen molar-refractivity contribution in [3.63, 3.8) is 0 Å². The van der Waals surface area contributed by atoms with Crippen LogP contribution in [-0.2, 0) is 19.6 Å². The van der Waals surface area contributed by atoms with Gasteiger partial charge >= 0.3 is 0 Å². The number of amides is 1. The van der Waals surface area contributed by atoms with Crippen molar-refractivity contribution in [1.29, 1.82) is 0 Å². The topological polar surface area (TPSA) is 41.4 Å². The first-order chi connectivity index (χ1) is 19.5. The first-order valence-corrected chi connectivity index (χ1v) is 15.4. The van der Waals surface area contributed by atoms with Crippen LogP contribution in [0.15, 0.2) is 72.8 Å². The molecule has 0 saturated carbocycles. The number of carbonyl (C=O) groups is 1. The van der Waals surface area contributed by atoms with Crippen molar-refractivity contribution in [1.82, 2.24) is 19.4 Å². The number of halogens is 1. The van der Waals surface area contributed by atoms with Crippen molar-refractivity contribution >= 4 is 50.0 Å². The molecule has 1 saturated heterocycles. The van der Waals surface area contributed by atoms with Crippen LogP contribution in [0.1, 0.15) is 53.3 Å². The molecule has 1 fully saturated rings. The summed E-state index contributed by atoms with van der Waals surface area (Å²) in [6, 6.07) is 25.0. The molecule has 3 aromatic carbocycles. The van der Waals surface area contributed by atoms with Gasteiger partial charge in [0.25, 0.3) is 5.91 Å². The molecule has 1 aliphatic heterocycles. The van der Waals surface area contributed by atoms with Crippen molar-refractivity contribution in [3.8, 4) is 0 Å². The number of likely N-dealkylation sites (tertiary alicyclic amines) is 1. The molecule has 0 spiro atoms. The van der Waals surface area contributed by atoms with Gasteiger partial charge in [-0.15, -0.1) is 11.3 Å². The number of aromatic nitrogens is 2. The Morgan fingerprint density at radius 2 is 1.62 bits per heavy atom. The molecular weight excluding hydrogens is 536 g/mol. The number of benzene rings is 3. The largest absolute Gasteiger partial charge is 0.330 e. The number of nitrogens with zero attached hydrogens (tertiary/aromatic N) is 4. The second kappa shape index (κ2) is 11.7. The molecule has 5 aromatic rings. The average Bonchev–Trinajstić information content (AvgIpc) is 3.67. The average molecular weight is 571 g/mol. The molecule has 1 aliphatic rings. The fraction of sp³-hybridized carbons (Fsp3) is 0.333. The maximum atomic E-state index is 14.0. The minimum absolute atomic E-state index is 0.0343. The Kier molecular flexibility index (Phi) is 7.92. The van der Waals surface area contributed by atoms with Gasteiger partial charge in [-0.05, 0) is 61.2 Å². The van der Waals surface area contributed by atoms with Gasteiger partial charge in [0.2, 0.25) is 0 Å². The first kappa shape index (κ1) is 27.0. The highest BCUT2D eigenvalue weighted by Gasteiger charge is 2.26. The maximum Gasteiger partial charge on any atom is 0.265 e. The van der Waals surface area contributed by atoms with Crippen molar-refractivity contribution in [2.24, 2.45) is 5.92 Å². The molecule has 206 valence electrons. The first-order valence-electron chi connectivity index (χ1n) is 14.2. The van der Waals surface area contributed by atoms with Gasteiger partial charge in [0.15, 0.2) is 0 Å². The Labute approximate surface area is 245 Å². The molecule has 0 bridgehead atoms. The van der Waals surface area contributed by atoms with Crippen LogP contribution >= 0.6 is 22.9 Å². The van der Waals surface area contributed by atoms with Crippen LogP contribution in [0.3, 0.4) is 0 Å². The van der Waals surface area contributed by atoms with Gasteiger partial charge in [0.05, 0.1) is 22.6 Å². The van der Waals surface area contributed by atoms with Gasteiger partial charge < -0.3 is 9.47 Å². The summed E-state index contributed by atoms with van der Waals surface area (Å²) in [6.07, 6.45) is 2.56. The van der Waals surface area contributed by atoms with Crippen LogP contribution in [-0.4, -0.2) is 44.9 Å². The van der Waals surface area contributed by atoms with Crippen molar-refractivity contribution < 1.29 is 4.79 Å². The molecule has 0 N–H and O–H groups in total. The van der Waals surface area contributed by atoms with Gasteiger partial charge in [-0.1, -0.05) is 80.0 Å². The number of hydrogen-bond acceptors (Lipinski definition) is 4. The van der Waals surface area contributed by atoms with Gasteiger partial charge in [-0.25, -0.2) is 4.98 Å². The highest BCUT2D eigenvalue weighted by atomic mass is 35.5. The third-order valence-electron chi connectivity index (χ3n) is 7.71. The fourth-order valence-electron chi connectivity index (χ4n) is 5.77. The van der Waals surface area contributed by atoms with E-state index < -0.39 is 0 Å². The number of rotatable bonds is 9. The van der Waals surface area contributed by atoms with Crippen LogP contribution in [0.4, 0.5) is 0 Å². The molecule has 0 radical (unpaired) electrons. The Bertz CT molecular complexity index is 1650. The van der Waals surface area contributed by atoms with E-state index in [4.69, 9.17) is 16.6 Å². The monoisotopic (exact) mass is 570 g/mol. The standard InChI is InChI=1S/C33H35ClN4OS/c1-23(2)19-37(33(39)32-31(34)26-13-5-8-16-29(26)40-32)22-30-35-27-14-6-7-15-28(27)38(30)21-25-12-4-3-11-24(25)20-36-17-9-10-18-36/h3-8,11-16,23H,9-10,17-22H2,1-2H3. The minimum atomic E-state index is -0.0343. The second-order valence-corrected chi connectivity index (χ2v) is 12.6. The smallest absolute Gasteiger partial charge is 0.265 e. The Morgan fingerprint density at radius 3 is 2.38 bits per heavy atom. The summed E-state index contributed by atoms with van der Waals surface area (Å²) in [6.45, 7) is 9.35. The third kappa shape index (κ3) is 5.53. The maximum absolute atomic E-state index is 14.0. The zero-order valence-electron chi connectivity index (χ0n) is 23.1. The number of imidazole rings is 1. The zero-order valence-corrected chi connectivity index (χ0v) is 24.7. The Hall–Kier alpha value is -3.19. The van der Waals surface area contributed by atoms with Gasteiger partial charge in [-0.3, -0.25) is 9.69 Å². The van der Waals surface area contributed by atoms with Crippen molar-refractivity contribution in [2.45, 2.75) is 46.3 Å². The lowest BCUT2D eigenvalue weighted by molar-refractivity contribution is 0.0721. The highest BCUT2D eigenvalue weighted by molar-refractivity contribution is 7.21. The Balaban J connectivity index is 1.36. The van der Waals surface area contributed by atoms with Crippen molar-refractivity contribution in [3.05, 3.63) is 99.6 Å². The van der Waals surface area contributed by atoms with E-state index in [1.165, 1.54) is 48.4 Å². The van der Waals surface area contributed by atoms with Crippen LogP contribution < -0.4 is 0 Å². The number of hydrogen-bond donors (Lipinski definition) is 0. The predicted octanol–water partition coefficient (Wildman–Crippen LogP) is 7.85. The quantitative estimate of drug-likeness (QED) is 0.181. The Morgan fingerprint density at radius 1 is 0.950 bits per heavy atom. The highest BCUT2D eigenvalue weighted by Crippen LogP contribution is 2.36. The molecule has 0 atom stereocenters. The molecular formula is C33H35ClN4OS. The van der Waals surface area contributed by atoms with E-state index in [1.54, 1.807) is 0 Å². The van der Waals surface area contributed by atoms with E-state index >= 15 is 0 Å². The summed E-state index contributed by atoms with van der Waals surface area (Å²) in [7, 11) is 0. The molecule has 0 unspecified atom stereocenters. The second-order valence-electron chi connectivity index (χ2n) is 11.2. The number of para-hydroxylation sites is 2. The van der Waals surface area contributed by atoms with E-state index in [0.717, 1.165) is 33.5 Å². The van der Waals surface area contributed by atoms with Crippen LogP contribution in [0.25, 0.3) is 21.1 Å². The molecule has 3 heterocycles. The molecule has 0 aliphatic carbocycles. The van der Waals surface area contributed by atoms with E-state index in [0.29, 0.717) is 35.5 Å². The molecule has 1 amide bonds. The van der Waals surface area contributed by atoms with E-state index in [2.05, 4.69) is 65.8 Å². The minimum Gasteiger partial charge on any atom is -0.330 e. The number of thiophene rings is 1. The summed E-state index contributed by atoms with van der Waals surface area (Å²) in [5.74, 6) is 1.16. The van der Waals surface area contributed by atoms with Gasteiger partial charge in [0, 0.05) is 29.7 Å². The summed E-state index contributed by atoms with van der Waals surface area (Å²) in [5.41, 5.74) is 4.70.